The number of rotatable bonds is 5. The largest absolute Gasteiger partial charge is 0.323 e. The van der Waals surface area contributed by atoms with Crippen LogP contribution in [0.5, 0.6) is 0 Å². The molecular weight excluding hydrogens is 317 g/mol. The molecule has 0 atom stereocenters. The molecule has 0 radical (unpaired) electrons. The zero-order chi connectivity index (χ0) is 16.2. The summed E-state index contributed by atoms with van der Waals surface area (Å²) >= 11 is 1.64. The lowest BCUT2D eigenvalue weighted by atomic mass is 10.0. The molecule has 7 heteroatoms. The molecule has 0 aliphatic carbocycles. The molecule has 1 amide bonds. The van der Waals surface area contributed by atoms with Gasteiger partial charge in [-0.15, -0.1) is 0 Å². The zero-order valence-electron chi connectivity index (χ0n) is 12.8. The van der Waals surface area contributed by atoms with Crippen molar-refractivity contribution in [2.24, 2.45) is 5.92 Å². The lowest BCUT2D eigenvalue weighted by Gasteiger charge is -2.26. The van der Waals surface area contributed by atoms with Crippen molar-refractivity contribution in [3.05, 3.63) is 29.6 Å². The van der Waals surface area contributed by atoms with Crippen LogP contribution >= 0.6 is 11.9 Å². The first-order valence-corrected chi connectivity index (χ1v) is 8.75. The quantitative estimate of drug-likeness (QED) is 0.802. The Hall–Kier alpha value is -1.44. The highest BCUT2D eigenvalue weighted by molar-refractivity contribution is 7.96. The summed E-state index contributed by atoms with van der Waals surface area (Å²) in [5, 5.41) is 5.70. The van der Waals surface area contributed by atoms with E-state index >= 15 is 0 Å². The molecule has 5 nitrogen and oxygen atoms in total. The number of nitrogens with zero attached hydrogens (tertiary/aromatic N) is 1. The molecule has 2 saturated heterocycles. The van der Waals surface area contributed by atoms with E-state index in [4.69, 9.17) is 0 Å². The second-order valence-corrected chi connectivity index (χ2v) is 6.96. The lowest BCUT2D eigenvalue weighted by Crippen LogP contribution is -2.48. The molecule has 124 valence electrons. The SMILES string of the molecule is O=C1CCN(SCc2ccc(F)c(NC(=O)C3CNC3)c2)CC1. The Morgan fingerprint density at radius 1 is 1.35 bits per heavy atom. The van der Waals surface area contributed by atoms with E-state index in [1.807, 2.05) is 0 Å². The Bertz CT molecular complexity index is 597. The molecule has 3 rings (SSSR count). The maximum Gasteiger partial charge on any atom is 0.230 e. The number of carbonyl (C=O) groups excluding carboxylic acids is 2. The fraction of sp³-hybridized carbons (Fsp3) is 0.500. The smallest absolute Gasteiger partial charge is 0.230 e. The summed E-state index contributed by atoms with van der Waals surface area (Å²) in [6, 6.07) is 4.82. The van der Waals surface area contributed by atoms with Crippen molar-refractivity contribution >= 4 is 29.3 Å². The van der Waals surface area contributed by atoms with Crippen LogP contribution in [0.4, 0.5) is 10.1 Å². The summed E-state index contributed by atoms with van der Waals surface area (Å²) in [5.41, 5.74) is 1.20. The summed E-state index contributed by atoms with van der Waals surface area (Å²) in [5.74, 6) is 0.393. The van der Waals surface area contributed by atoms with E-state index in [1.165, 1.54) is 6.07 Å². The van der Waals surface area contributed by atoms with Crippen molar-refractivity contribution < 1.29 is 14.0 Å². The molecule has 2 aliphatic heterocycles. The number of ketones is 1. The molecule has 2 heterocycles. The van der Waals surface area contributed by atoms with Gasteiger partial charge in [0.15, 0.2) is 0 Å². The lowest BCUT2D eigenvalue weighted by molar-refractivity contribution is -0.121. The number of hydrogen-bond donors (Lipinski definition) is 2. The van der Waals surface area contributed by atoms with Crippen molar-refractivity contribution in [1.29, 1.82) is 0 Å². The van der Waals surface area contributed by atoms with Gasteiger partial charge in [0.2, 0.25) is 5.91 Å². The Balaban J connectivity index is 1.56. The van der Waals surface area contributed by atoms with Crippen molar-refractivity contribution in [3.8, 4) is 0 Å². The third kappa shape index (κ3) is 4.31. The van der Waals surface area contributed by atoms with Gasteiger partial charge in [-0.3, -0.25) is 9.59 Å². The van der Waals surface area contributed by atoms with Crippen molar-refractivity contribution in [3.63, 3.8) is 0 Å². The van der Waals surface area contributed by atoms with Crippen LogP contribution in [0.25, 0.3) is 0 Å². The number of nitrogens with one attached hydrogen (secondary N) is 2. The normalized spacial score (nSPS) is 19.4. The molecule has 0 saturated carbocycles. The summed E-state index contributed by atoms with van der Waals surface area (Å²) in [4.78, 5) is 23.2. The van der Waals surface area contributed by atoms with Gasteiger partial charge in [0.1, 0.15) is 11.6 Å². The first kappa shape index (κ1) is 16.4. The highest BCUT2D eigenvalue weighted by Crippen LogP contribution is 2.24. The molecule has 23 heavy (non-hydrogen) atoms. The van der Waals surface area contributed by atoms with Gasteiger partial charge >= 0.3 is 0 Å². The molecule has 2 aliphatic rings. The summed E-state index contributed by atoms with van der Waals surface area (Å²) < 4.78 is 16.0. The van der Waals surface area contributed by atoms with Crippen molar-refractivity contribution in [1.82, 2.24) is 9.62 Å². The number of carbonyl (C=O) groups is 2. The van der Waals surface area contributed by atoms with E-state index in [9.17, 15) is 14.0 Å². The molecule has 2 N–H and O–H groups in total. The molecule has 0 spiro atoms. The second kappa shape index (κ2) is 7.42. The van der Waals surface area contributed by atoms with E-state index < -0.39 is 5.82 Å². The Kier molecular flexibility index (Phi) is 5.30. The topological polar surface area (TPSA) is 61.4 Å². The van der Waals surface area contributed by atoms with Crippen LogP contribution in [-0.4, -0.2) is 42.2 Å². The van der Waals surface area contributed by atoms with E-state index in [0.29, 0.717) is 37.5 Å². The summed E-state index contributed by atoms with van der Waals surface area (Å²) in [7, 11) is 0. The fourth-order valence-corrected chi connectivity index (χ4v) is 3.45. The first-order valence-electron chi connectivity index (χ1n) is 7.81. The molecule has 1 aromatic carbocycles. The number of Topliss-reactive ketones (excluding diaryl/α,β-unsaturated/α-hetero) is 1. The van der Waals surface area contributed by atoms with Gasteiger partial charge in [-0.1, -0.05) is 18.0 Å². The summed E-state index contributed by atoms with van der Waals surface area (Å²) in [6.07, 6.45) is 1.21. The monoisotopic (exact) mass is 337 g/mol. The number of benzene rings is 1. The van der Waals surface area contributed by atoms with Crippen LogP contribution in [0, 0.1) is 11.7 Å². The number of anilines is 1. The maximum absolute atomic E-state index is 13.9. The molecule has 0 unspecified atom stereocenters. The third-order valence-corrected chi connectivity index (χ3v) is 5.33. The third-order valence-electron chi connectivity index (χ3n) is 4.13. The van der Waals surface area contributed by atoms with Crippen LogP contribution in [0.1, 0.15) is 18.4 Å². The van der Waals surface area contributed by atoms with Gasteiger partial charge in [0, 0.05) is 44.8 Å². The molecule has 0 bridgehead atoms. The predicted octanol–water partition coefficient (Wildman–Crippen LogP) is 1.80. The van der Waals surface area contributed by atoms with Crippen LogP contribution in [-0.2, 0) is 15.3 Å². The van der Waals surface area contributed by atoms with Gasteiger partial charge in [-0.2, -0.15) is 0 Å². The van der Waals surface area contributed by atoms with Crippen molar-refractivity contribution in [2.45, 2.75) is 18.6 Å². The average Bonchev–Trinajstić information content (AvgIpc) is 2.48. The van der Waals surface area contributed by atoms with Gasteiger partial charge in [0.25, 0.3) is 0 Å². The molecule has 0 aromatic heterocycles. The van der Waals surface area contributed by atoms with E-state index in [1.54, 1.807) is 24.1 Å². The fourth-order valence-electron chi connectivity index (χ4n) is 2.50. The average molecular weight is 337 g/mol. The standard InChI is InChI=1S/C16H20FN3O2S/c17-14-2-1-11(10-23-20-5-3-13(21)4-6-20)7-15(14)19-16(22)12-8-18-9-12/h1-2,7,12,18H,3-6,8-10H2,(H,19,22). The highest BCUT2D eigenvalue weighted by Gasteiger charge is 2.25. The molecule has 2 fully saturated rings. The minimum atomic E-state index is -0.414. The van der Waals surface area contributed by atoms with E-state index in [-0.39, 0.29) is 17.5 Å². The summed E-state index contributed by atoms with van der Waals surface area (Å²) in [6.45, 7) is 2.83. The van der Waals surface area contributed by atoms with Crippen LogP contribution < -0.4 is 10.6 Å². The predicted molar refractivity (Wildman–Crippen MR) is 88.5 cm³/mol. The van der Waals surface area contributed by atoms with Crippen LogP contribution in [0.2, 0.25) is 0 Å². The number of amides is 1. The Labute approximate surface area is 139 Å². The minimum Gasteiger partial charge on any atom is -0.323 e. The minimum absolute atomic E-state index is 0.0710. The number of hydrogen-bond acceptors (Lipinski definition) is 5. The number of piperidine rings is 1. The van der Waals surface area contributed by atoms with Crippen LogP contribution in [0.3, 0.4) is 0 Å². The number of halogens is 1. The van der Waals surface area contributed by atoms with E-state index in [0.717, 1.165) is 18.7 Å². The molecule has 1 aromatic rings. The van der Waals surface area contributed by atoms with Crippen molar-refractivity contribution in [2.75, 3.05) is 31.5 Å². The van der Waals surface area contributed by atoms with Crippen LogP contribution in [0.15, 0.2) is 18.2 Å². The van der Waals surface area contributed by atoms with Gasteiger partial charge in [-0.05, 0) is 17.7 Å². The Morgan fingerprint density at radius 3 is 2.74 bits per heavy atom. The van der Waals surface area contributed by atoms with Gasteiger partial charge in [0.05, 0.1) is 11.6 Å². The van der Waals surface area contributed by atoms with Gasteiger partial charge < -0.3 is 10.6 Å². The van der Waals surface area contributed by atoms with Gasteiger partial charge in [-0.25, -0.2) is 8.70 Å². The second-order valence-electron chi connectivity index (χ2n) is 5.90. The zero-order valence-corrected chi connectivity index (χ0v) is 13.6. The highest BCUT2D eigenvalue weighted by atomic mass is 32.2. The Morgan fingerprint density at radius 2 is 2.09 bits per heavy atom. The van der Waals surface area contributed by atoms with E-state index in [2.05, 4.69) is 14.9 Å². The maximum atomic E-state index is 13.9. The first-order chi connectivity index (χ1) is 11.1. The molecular formula is C16H20FN3O2S.